The second kappa shape index (κ2) is 7.66. The van der Waals surface area contributed by atoms with Gasteiger partial charge >= 0.3 is 6.18 Å². The minimum absolute atomic E-state index is 0.00271. The van der Waals surface area contributed by atoms with E-state index in [9.17, 15) is 22.8 Å². The highest BCUT2D eigenvalue weighted by Crippen LogP contribution is 2.40. The van der Waals surface area contributed by atoms with Crippen LogP contribution in [0.15, 0.2) is 18.3 Å². The van der Waals surface area contributed by atoms with Crippen LogP contribution in [-0.4, -0.2) is 59.8 Å². The standard InChI is InChI=1S/C20H26F3N3O3/c1-29-17-8-13-11-25(19(28)16-3-2-6-26(16)14-4-5-14)10-12(13)7-15(17)24-18(27)9-20(21,22)23/h2-3,6,12-15,17H,4-5,7-11H2,1H3,(H,24,27)/t12-,13+,15-,17-/m0/s1. The third-order valence-electron chi connectivity index (χ3n) is 6.35. The molecule has 0 radical (unpaired) electrons. The summed E-state index contributed by atoms with van der Waals surface area (Å²) in [5.41, 5.74) is 0.699. The fraction of sp³-hybridized carbons (Fsp3) is 0.700. The first-order chi connectivity index (χ1) is 13.7. The molecule has 160 valence electrons. The van der Waals surface area contributed by atoms with Crippen LogP contribution < -0.4 is 5.32 Å². The molecule has 0 aromatic carbocycles. The van der Waals surface area contributed by atoms with Crippen molar-refractivity contribution in [3.8, 4) is 0 Å². The van der Waals surface area contributed by atoms with Gasteiger partial charge in [0.05, 0.1) is 12.1 Å². The summed E-state index contributed by atoms with van der Waals surface area (Å²) in [6.45, 7) is 1.17. The van der Waals surface area contributed by atoms with Crippen molar-refractivity contribution in [2.45, 2.75) is 56.5 Å². The molecule has 29 heavy (non-hydrogen) atoms. The summed E-state index contributed by atoms with van der Waals surface area (Å²) in [7, 11) is 1.51. The summed E-state index contributed by atoms with van der Waals surface area (Å²) in [4.78, 5) is 26.7. The zero-order valence-corrected chi connectivity index (χ0v) is 16.3. The van der Waals surface area contributed by atoms with Crippen molar-refractivity contribution in [2.75, 3.05) is 20.2 Å². The molecule has 2 aliphatic carbocycles. The molecular formula is C20H26F3N3O3. The van der Waals surface area contributed by atoms with Crippen molar-refractivity contribution in [3.05, 3.63) is 24.0 Å². The molecule has 3 aliphatic rings. The van der Waals surface area contributed by atoms with Crippen molar-refractivity contribution in [1.82, 2.24) is 14.8 Å². The number of halogens is 3. The maximum Gasteiger partial charge on any atom is 0.397 e. The number of hydrogen-bond donors (Lipinski definition) is 1. The molecule has 4 rings (SSSR count). The van der Waals surface area contributed by atoms with Crippen LogP contribution in [0.4, 0.5) is 13.2 Å². The average Bonchev–Trinajstić information content (AvgIpc) is 3.21. The van der Waals surface area contributed by atoms with E-state index in [-0.39, 0.29) is 23.8 Å². The monoisotopic (exact) mass is 413 g/mol. The molecule has 9 heteroatoms. The number of hydrogen-bond acceptors (Lipinski definition) is 3. The molecule has 6 nitrogen and oxygen atoms in total. The molecular weight excluding hydrogens is 387 g/mol. The van der Waals surface area contributed by atoms with E-state index in [2.05, 4.69) is 5.32 Å². The first-order valence-electron chi connectivity index (χ1n) is 10.1. The number of carbonyl (C=O) groups excluding carboxylic acids is 2. The topological polar surface area (TPSA) is 63.6 Å². The Kier molecular flexibility index (Phi) is 5.35. The molecule has 0 spiro atoms. The van der Waals surface area contributed by atoms with E-state index in [1.54, 1.807) is 0 Å². The van der Waals surface area contributed by atoms with Crippen LogP contribution in [0.2, 0.25) is 0 Å². The lowest BCUT2D eigenvalue weighted by Gasteiger charge is -2.37. The largest absolute Gasteiger partial charge is 0.397 e. The number of ether oxygens (including phenoxy) is 1. The summed E-state index contributed by atoms with van der Waals surface area (Å²) < 4.78 is 45.0. The second-order valence-corrected chi connectivity index (χ2v) is 8.47. The number of alkyl halides is 3. The highest BCUT2D eigenvalue weighted by atomic mass is 19.4. The van der Waals surface area contributed by atoms with Gasteiger partial charge in [0.2, 0.25) is 5.91 Å². The minimum Gasteiger partial charge on any atom is -0.379 e. The molecule has 1 N–H and O–H groups in total. The summed E-state index contributed by atoms with van der Waals surface area (Å²) in [5, 5.41) is 2.50. The number of nitrogens with one attached hydrogen (secondary N) is 1. The Bertz CT molecular complexity index is 775. The van der Waals surface area contributed by atoms with Gasteiger partial charge in [-0.3, -0.25) is 9.59 Å². The molecule has 1 aromatic rings. The number of methoxy groups -OCH3 is 1. The molecule has 1 aliphatic heterocycles. The Morgan fingerprint density at radius 2 is 1.90 bits per heavy atom. The van der Waals surface area contributed by atoms with Crippen LogP contribution >= 0.6 is 0 Å². The smallest absolute Gasteiger partial charge is 0.379 e. The lowest BCUT2D eigenvalue weighted by atomic mass is 9.77. The zero-order chi connectivity index (χ0) is 20.8. The summed E-state index contributed by atoms with van der Waals surface area (Å²) >= 11 is 0. The first-order valence-corrected chi connectivity index (χ1v) is 10.1. The number of likely N-dealkylation sites (tertiary alicyclic amines) is 1. The van der Waals surface area contributed by atoms with Crippen LogP contribution in [0, 0.1) is 11.8 Å². The van der Waals surface area contributed by atoms with Gasteiger partial charge in [0.1, 0.15) is 12.1 Å². The molecule has 1 saturated heterocycles. The Morgan fingerprint density at radius 1 is 1.21 bits per heavy atom. The number of nitrogens with zero attached hydrogens (tertiary/aromatic N) is 2. The third-order valence-corrected chi connectivity index (χ3v) is 6.35. The predicted molar refractivity (Wildman–Crippen MR) is 98.2 cm³/mol. The van der Waals surface area contributed by atoms with Crippen LogP contribution in [0.1, 0.15) is 48.6 Å². The highest BCUT2D eigenvalue weighted by molar-refractivity contribution is 5.93. The van der Waals surface area contributed by atoms with Gasteiger partial charge in [-0.05, 0) is 49.7 Å². The van der Waals surface area contributed by atoms with Crippen molar-refractivity contribution in [1.29, 1.82) is 0 Å². The van der Waals surface area contributed by atoms with Gasteiger partial charge < -0.3 is 19.5 Å². The van der Waals surface area contributed by atoms with Crippen molar-refractivity contribution in [3.63, 3.8) is 0 Å². The molecule has 0 bridgehead atoms. The van der Waals surface area contributed by atoms with Gasteiger partial charge in [-0.25, -0.2) is 0 Å². The van der Waals surface area contributed by atoms with Gasteiger partial charge in [-0.15, -0.1) is 0 Å². The Balaban J connectivity index is 1.40. The molecule has 3 fully saturated rings. The fourth-order valence-corrected chi connectivity index (χ4v) is 4.84. The molecule has 2 saturated carbocycles. The maximum absolute atomic E-state index is 13.1. The highest BCUT2D eigenvalue weighted by Gasteiger charge is 2.45. The second-order valence-electron chi connectivity index (χ2n) is 8.47. The Morgan fingerprint density at radius 3 is 2.52 bits per heavy atom. The van der Waals surface area contributed by atoms with Crippen molar-refractivity contribution >= 4 is 11.8 Å². The Labute approximate surface area is 167 Å². The number of amides is 2. The first kappa shape index (κ1) is 20.3. The fourth-order valence-electron chi connectivity index (χ4n) is 4.84. The van der Waals surface area contributed by atoms with E-state index in [1.807, 2.05) is 27.8 Å². The number of aromatic nitrogens is 1. The maximum atomic E-state index is 13.1. The lowest BCUT2D eigenvalue weighted by molar-refractivity contribution is -0.155. The van der Waals surface area contributed by atoms with Crippen LogP contribution in [-0.2, 0) is 9.53 Å². The van der Waals surface area contributed by atoms with E-state index >= 15 is 0 Å². The van der Waals surface area contributed by atoms with Crippen LogP contribution in [0.5, 0.6) is 0 Å². The number of fused-ring (bicyclic) bond motifs is 1. The van der Waals surface area contributed by atoms with E-state index in [0.29, 0.717) is 37.7 Å². The molecule has 2 amide bonds. The average molecular weight is 413 g/mol. The van der Waals surface area contributed by atoms with Crippen LogP contribution in [0.3, 0.4) is 0 Å². The molecule has 4 atom stereocenters. The van der Waals surface area contributed by atoms with Gasteiger partial charge in [0.25, 0.3) is 5.91 Å². The molecule has 1 aromatic heterocycles. The predicted octanol–water partition coefficient (Wildman–Crippen LogP) is 2.76. The van der Waals surface area contributed by atoms with Crippen molar-refractivity contribution in [2.24, 2.45) is 11.8 Å². The lowest BCUT2D eigenvalue weighted by Crippen LogP contribution is -2.50. The molecule has 0 unspecified atom stereocenters. The number of carbonyl (C=O) groups is 2. The van der Waals surface area contributed by atoms with Gasteiger partial charge in [0, 0.05) is 32.4 Å². The zero-order valence-electron chi connectivity index (χ0n) is 16.3. The van der Waals surface area contributed by atoms with E-state index < -0.39 is 24.5 Å². The summed E-state index contributed by atoms with van der Waals surface area (Å²) in [6.07, 6.45) is -1.11. The normalized spacial score (nSPS) is 29.6. The Hall–Kier alpha value is -2.03. The van der Waals surface area contributed by atoms with Gasteiger partial charge in [-0.1, -0.05) is 0 Å². The minimum atomic E-state index is -4.53. The van der Waals surface area contributed by atoms with Crippen molar-refractivity contribution < 1.29 is 27.5 Å². The number of rotatable bonds is 5. The van der Waals surface area contributed by atoms with E-state index in [1.165, 1.54) is 7.11 Å². The summed E-state index contributed by atoms with van der Waals surface area (Å²) in [5.74, 6) is -0.658. The van der Waals surface area contributed by atoms with Gasteiger partial charge in [0.15, 0.2) is 0 Å². The third kappa shape index (κ3) is 4.44. The van der Waals surface area contributed by atoms with Crippen LogP contribution in [0.25, 0.3) is 0 Å². The quantitative estimate of drug-likeness (QED) is 0.808. The summed E-state index contributed by atoms with van der Waals surface area (Å²) in [6, 6.07) is 3.68. The van der Waals surface area contributed by atoms with E-state index in [4.69, 9.17) is 4.74 Å². The van der Waals surface area contributed by atoms with Gasteiger partial charge in [-0.2, -0.15) is 13.2 Å². The molecule has 2 heterocycles. The SMILES string of the molecule is CO[C@H]1C[C@@H]2CN(C(=O)c3cccn3C3CC3)C[C@@H]2C[C@@H]1NC(=O)CC(F)(F)F. The van der Waals surface area contributed by atoms with E-state index in [0.717, 1.165) is 12.8 Å².